The summed E-state index contributed by atoms with van der Waals surface area (Å²) in [5.74, 6) is 0. The van der Waals surface area contributed by atoms with Gasteiger partial charge in [-0.3, -0.25) is 4.90 Å². The molecular formula is C19H18N2OS. The van der Waals surface area contributed by atoms with Crippen molar-refractivity contribution in [2.24, 2.45) is 0 Å². The molecule has 2 amide bonds. The Morgan fingerprint density at radius 3 is 2.87 bits per heavy atom. The summed E-state index contributed by atoms with van der Waals surface area (Å²) in [6, 6.07) is 16.6. The lowest BCUT2D eigenvalue weighted by atomic mass is 10.2. The van der Waals surface area contributed by atoms with Gasteiger partial charge in [0.15, 0.2) is 0 Å². The van der Waals surface area contributed by atoms with Gasteiger partial charge in [0, 0.05) is 30.5 Å². The molecule has 4 heteroatoms. The molecule has 0 bridgehead atoms. The summed E-state index contributed by atoms with van der Waals surface area (Å²) in [4.78, 5) is 16.5. The third-order valence-electron chi connectivity index (χ3n) is 4.41. The highest BCUT2D eigenvalue weighted by atomic mass is 32.1. The van der Waals surface area contributed by atoms with E-state index in [1.807, 2.05) is 35.0 Å². The Hall–Kier alpha value is -2.33. The van der Waals surface area contributed by atoms with Crippen LogP contribution in [0.3, 0.4) is 0 Å². The number of anilines is 1. The molecule has 3 nitrogen and oxygen atoms in total. The number of carbonyl (C=O) groups is 1. The number of rotatable bonds is 2. The molecule has 2 heterocycles. The van der Waals surface area contributed by atoms with Crippen LogP contribution in [0.1, 0.15) is 11.1 Å². The van der Waals surface area contributed by atoms with Crippen molar-refractivity contribution < 1.29 is 4.79 Å². The maximum atomic E-state index is 12.8. The fourth-order valence-electron chi connectivity index (χ4n) is 3.22. The standard InChI is InChI=1S/C19H18N2OS/c1-20(12-15-13-23-18-9-5-3-7-16(15)18)19(22)21-11-10-14-6-2-4-8-17(14)21/h2-9,13H,10-12H2,1H3. The number of para-hydroxylation sites is 1. The lowest BCUT2D eigenvalue weighted by molar-refractivity contribution is 0.214. The summed E-state index contributed by atoms with van der Waals surface area (Å²) < 4.78 is 1.27. The Kier molecular flexibility index (Phi) is 3.54. The van der Waals surface area contributed by atoms with Crippen LogP contribution in [0.2, 0.25) is 0 Å². The Morgan fingerprint density at radius 2 is 1.96 bits per heavy atom. The van der Waals surface area contributed by atoms with Crippen LogP contribution in [0.15, 0.2) is 53.9 Å². The lowest BCUT2D eigenvalue weighted by Gasteiger charge is -2.25. The first-order valence-corrected chi connectivity index (χ1v) is 8.67. The molecule has 0 saturated carbocycles. The minimum atomic E-state index is 0.0743. The molecule has 1 aliphatic rings. The fraction of sp³-hybridized carbons (Fsp3) is 0.211. The number of hydrogen-bond acceptors (Lipinski definition) is 2. The average Bonchev–Trinajstić information content (AvgIpc) is 3.19. The molecule has 3 aromatic rings. The zero-order valence-corrected chi connectivity index (χ0v) is 13.8. The first-order valence-electron chi connectivity index (χ1n) is 7.79. The van der Waals surface area contributed by atoms with Crippen molar-refractivity contribution in [1.29, 1.82) is 0 Å². The second-order valence-corrected chi connectivity index (χ2v) is 6.84. The van der Waals surface area contributed by atoms with Gasteiger partial charge < -0.3 is 4.90 Å². The molecule has 0 N–H and O–H groups in total. The number of benzene rings is 2. The van der Waals surface area contributed by atoms with Gasteiger partial charge in [0.1, 0.15) is 0 Å². The summed E-state index contributed by atoms with van der Waals surface area (Å²) in [5, 5.41) is 3.41. The van der Waals surface area contributed by atoms with Crippen LogP contribution in [-0.2, 0) is 13.0 Å². The summed E-state index contributed by atoms with van der Waals surface area (Å²) >= 11 is 1.74. The molecule has 0 aliphatic carbocycles. The normalized spacial score (nSPS) is 13.3. The largest absolute Gasteiger partial charge is 0.324 e. The summed E-state index contributed by atoms with van der Waals surface area (Å²) in [5.41, 5.74) is 3.53. The van der Waals surface area contributed by atoms with Crippen LogP contribution in [0.25, 0.3) is 10.1 Å². The van der Waals surface area contributed by atoms with Gasteiger partial charge in [-0.2, -0.15) is 0 Å². The number of amides is 2. The second-order valence-electron chi connectivity index (χ2n) is 5.93. The van der Waals surface area contributed by atoms with E-state index < -0.39 is 0 Å². The zero-order chi connectivity index (χ0) is 15.8. The van der Waals surface area contributed by atoms with Crippen LogP contribution < -0.4 is 4.90 Å². The Balaban J connectivity index is 1.56. The van der Waals surface area contributed by atoms with Gasteiger partial charge in [0.05, 0.1) is 0 Å². The molecule has 1 aliphatic heterocycles. The molecule has 0 unspecified atom stereocenters. The molecule has 0 saturated heterocycles. The molecule has 23 heavy (non-hydrogen) atoms. The summed E-state index contributed by atoms with van der Waals surface area (Å²) in [6.45, 7) is 1.41. The number of nitrogens with zero attached hydrogens (tertiary/aromatic N) is 2. The minimum Gasteiger partial charge on any atom is -0.323 e. The van der Waals surface area contributed by atoms with E-state index in [2.05, 4.69) is 35.7 Å². The first kappa shape index (κ1) is 14.3. The average molecular weight is 322 g/mol. The monoisotopic (exact) mass is 322 g/mol. The molecule has 0 fully saturated rings. The Morgan fingerprint density at radius 1 is 1.17 bits per heavy atom. The van der Waals surface area contributed by atoms with Gasteiger partial charge in [-0.15, -0.1) is 11.3 Å². The van der Waals surface area contributed by atoms with Crippen LogP contribution in [-0.4, -0.2) is 24.5 Å². The molecule has 0 spiro atoms. The number of thiophene rings is 1. The summed E-state index contributed by atoms with van der Waals surface area (Å²) in [6.07, 6.45) is 0.942. The highest BCUT2D eigenvalue weighted by molar-refractivity contribution is 7.17. The number of carbonyl (C=O) groups excluding carboxylic acids is 1. The molecule has 1 aromatic heterocycles. The van der Waals surface area contributed by atoms with Crippen molar-refractivity contribution in [1.82, 2.24) is 4.90 Å². The van der Waals surface area contributed by atoms with Crippen LogP contribution in [0, 0.1) is 0 Å². The van der Waals surface area contributed by atoms with Crippen LogP contribution >= 0.6 is 11.3 Å². The first-order chi connectivity index (χ1) is 11.2. The van der Waals surface area contributed by atoms with Crippen molar-refractivity contribution in [2.75, 3.05) is 18.5 Å². The SMILES string of the molecule is CN(Cc1csc2ccccc12)C(=O)N1CCc2ccccc21. The van der Waals surface area contributed by atoms with E-state index >= 15 is 0 Å². The van der Waals surface area contributed by atoms with E-state index in [9.17, 15) is 4.79 Å². The lowest BCUT2D eigenvalue weighted by Crippen LogP contribution is -2.39. The van der Waals surface area contributed by atoms with E-state index in [0.717, 1.165) is 18.7 Å². The zero-order valence-electron chi connectivity index (χ0n) is 13.0. The molecule has 4 rings (SSSR count). The van der Waals surface area contributed by atoms with Crippen molar-refractivity contribution in [3.63, 3.8) is 0 Å². The third kappa shape index (κ3) is 2.49. The number of hydrogen-bond donors (Lipinski definition) is 0. The molecule has 116 valence electrons. The van der Waals surface area contributed by atoms with Gasteiger partial charge in [-0.05, 0) is 40.4 Å². The maximum absolute atomic E-state index is 12.8. The fourth-order valence-corrected chi connectivity index (χ4v) is 4.18. The minimum absolute atomic E-state index is 0.0743. The topological polar surface area (TPSA) is 23.6 Å². The van der Waals surface area contributed by atoms with Crippen molar-refractivity contribution in [3.8, 4) is 0 Å². The highest BCUT2D eigenvalue weighted by Crippen LogP contribution is 2.30. The second kappa shape index (κ2) is 5.70. The van der Waals surface area contributed by atoms with Gasteiger partial charge in [0.25, 0.3) is 0 Å². The Bertz CT molecular complexity index is 870. The van der Waals surface area contributed by atoms with Crippen molar-refractivity contribution in [2.45, 2.75) is 13.0 Å². The van der Waals surface area contributed by atoms with Crippen LogP contribution in [0.4, 0.5) is 10.5 Å². The number of fused-ring (bicyclic) bond motifs is 2. The van der Waals surface area contributed by atoms with E-state index in [4.69, 9.17) is 0 Å². The predicted molar refractivity (Wildman–Crippen MR) is 96.2 cm³/mol. The Labute approximate surface area is 139 Å². The maximum Gasteiger partial charge on any atom is 0.324 e. The quantitative estimate of drug-likeness (QED) is 0.680. The van der Waals surface area contributed by atoms with E-state index in [1.54, 1.807) is 11.3 Å². The van der Waals surface area contributed by atoms with E-state index in [-0.39, 0.29) is 6.03 Å². The van der Waals surface area contributed by atoms with Crippen molar-refractivity contribution in [3.05, 3.63) is 65.0 Å². The highest BCUT2D eigenvalue weighted by Gasteiger charge is 2.26. The third-order valence-corrected chi connectivity index (χ3v) is 5.43. The van der Waals surface area contributed by atoms with Gasteiger partial charge >= 0.3 is 6.03 Å². The van der Waals surface area contributed by atoms with E-state index in [0.29, 0.717) is 6.54 Å². The van der Waals surface area contributed by atoms with Gasteiger partial charge in [-0.1, -0.05) is 36.4 Å². The van der Waals surface area contributed by atoms with Gasteiger partial charge in [-0.25, -0.2) is 4.79 Å². The smallest absolute Gasteiger partial charge is 0.323 e. The molecule has 0 radical (unpaired) electrons. The van der Waals surface area contributed by atoms with Crippen LogP contribution in [0.5, 0.6) is 0 Å². The predicted octanol–water partition coefficient (Wildman–Crippen LogP) is 4.52. The van der Waals surface area contributed by atoms with Crippen molar-refractivity contribution >= 4 is 33.1 Å². The molecule has 2 aromatic carbocycles. The summed E-state index contributed by atoms with van der Waals surface area (Å²) in [7, 11) is 1.88. The molecule has 0 atom stereocenters. The molecular weight excluding hydrogens is 304 g/mol. The number of urea groups is 1. The van der Waals surface area contributed by atoms with E-state index in [1.165, 1.54) is 21.2 Å². The van der Waals surface area contributed by atoms with Gasteiger partial charge in [0.2, 0.25) is 0 Å².